The van der Waals surface area contributed by atoms with E-state index >= 15 is 0 Å². The number of aliphatic carboxylic acids is 1. The van der Waals surface area contributed by atoms with Gasteiger partial charge in [-0.1, -0.05) is 68.8 Å². The molecule has 1 saturated carbocycles. The maximum atomic E-state index is 11.4. The Morgan fingerprint density at radius 1 is 0.902 bits per heavy atom. The molecule has 11 heteroatoms. The largest absolute Gasteiger partial charge is 0.497 e. The second-order valence-electron chi connectivity index (χ2n) is 14.1. The van der Waals surface area contributed by atoms with Crippen LogP contribution in [-0.4, -0.2) is 54.6 Å². The van der Waals surface area contributed by atoms with Gasteiger partial charge < -0.3 is 32.9 Å². The van der Waals surface area contributed by atoms with Crippen LogP contribution >= 0.6 is 22.6 Å². The first-order valence-electron chi connectivity index (χ1n) is 17.6. The molecule has 2 aromatic heterocycles. The number of oxazole rings is 2. The number of benzene rings is 2. The molecule has 278 valence electrons. The Labute approximate surface area is 315 Å². The highest BCUT2D eigenvalue weighted by molar-refractivity contribution is 14.1. The van der Waals surface area contributed by atoms with Crippen LogP contribution in [0.2, 0.25) is 0 Å². The van der Waals surface area contributed by atoms with E-state index < -0.39 is 11.6 Å². The minimum absolute atomic E-state index is 0.156. The summed E-state index contributed by atoms with van der Waals surface area (Å²) in [5, 5.41) is 9.34. The Hall–Kier alpha value is -3.42. The Morgan fingerprint density at radius 3 is 1.96 bits per heavy atom. The highest BCUT2D eigenvalue weighted by Gasteiger charge is 2.36. The van der Waals surface area contributed by atoms with Crippen molar-refractivity contribution in [2.75, 3.05) is 27.9 Å². The lowest BCUT2D eigenvalue weighted by atomic mass is 9.77. The van der Waals surface area contributed by atoms with Crippen molar-refractivity contribution in [3.05, 3.63) is 71.4 Å². The van der Waals surface area contributed by atoms with Gasteiger partial charge in [-0.15, -0.1) is 0 Å². The summed E-state index contributed by atoms with van der Waals surface area (Å²) in [4.78, 5) is 20.9. The molecule has 3 atom stereocenters. The summed E-state index contributed by atoms with van der Waals surface area (Å²) in [6.07, 6.45) is 3.79. The number of aromatic nitrogens is 2. The van der Waals surface area contributed by atoms with Crippen LogP contribution in [0.25, 0.3) is 22.9 Å². The number of hydrogen-bond donors (Lipinski definition) is 1. The van der Waals surface area contributed by atoms with Gasteiger partial charge in [0, 0.05) is 34.5 Å². The minimum atomic E-state index is -1.18. The third-order valence-electron chi connectivity index (χ3n) is 9.19. The minimum Gasteiger partial charge on any atom is -0.497 e. The number of carbonyl (C=O) groups is 1. The monoisotopic (exact) mass is 816 g/mol. The number of rotatable bonds is 14. The third-order valence-corrected chi connectivity index (χ3v) is 9.91. The Morgan fingerprint density at radius 2 is 1.47 bits per heavy atom. The molecule has 4 aromatic rings. The van der Waals surface area contributed by atoms with E-state index in [9.17, 15) is 9.90 Å². The molecule has 0 amide bonds. The van der Waals surface area contributed by atoms with Crippen molar-refractivity contribution in [1.29, 1.82) is 0 Å². The van der Waals surface area contributed by atoms with Crippen LogP contribution < -0.4 is 9.47 Å². The van der Waals surface area contributed by atoms with E-state index in [1.54, 1.807) is 35.2 Å². The van der Waals surface area contributed by atoms with E-state index in [0.717, 1.165) is 75.6 Å². The molecule has 0 spiro atoms. The van der Waals surface area contributed by atoms with E-state index in [1.807, 2.05) is 48.5 Å². The fourth-order valence-electron chi connectivity index (χ4n) is 6.30. The zero-order valence-electron chi connectivity index (χ0n) is 31.3. The number of nitrogens with zero attached hydrogens (tertiary/aromatic N) is 2. The maximum absolute atomic E-state index is 11.4. The normalized spacial score (nSPS) is 16.9. The lowest BCUT2D eigenvalue weighted by Crippen LogP contribution is -2.37. The molecule has 0 saturated heterocycles. The van der Waals surface area contributed by atoms with Gasteiger partial charge in [0.15, 0.2) is 5.60 Å². The Bertz CT molecular complexity index is 1710. The lowest BCUT2D eigenvalue weighted by Gasteiger charge is -2.34. The van der Waals surface area contributed by atoms with E-state index in [2.05, 4.69) is 55.3 Å². The molecule has 1 aliphatic rings. The molecule has 0 aliphatic heterocycles. The van der Waals surface area contributed by atoms with Crippen molar-refractivity contribution >= 4 is 28.6 Å². The number of ether oxygens (including phenoxy) is 4. The van der Waals surface area contributed by atoms with Crippen LogP contribution in [0.4, 0.5) is 0 Å². The van der Waals surface area contributed by atoms with Crippen LogP contribution in [0.15, 0.2) is 57.4 Å². The van der Waals surface area contributed by atoms with Gasteiger partial charge in [0.1, 0.15) is 34.8 Å². The van der Waals surface area contributed by atoms with E-state index in [4.69, 9.17) is 32.8 Å². The summed E-state index contributed by atoms with van der Waals surface area (Å²) < 4.78 is 35.3. The van der Waals surface area contributed by atoms with Gasteiger partial charge in [0.25, 0.3) is 0 Å². The van der Waals surface area contributed by atoms with Crippen molar-refractivity contribution in [3.8, 4) is 34.4 Å². The number of hydrogen-bond acceptors (Lipinski definition) is 9. The second kappa shape index (κ2) is 18.4. The smallest absolute Gasteiger partial charge is 0.335 e. The number of carboxylic acids is 1. The van der Waals surface area contributed by atoms with E-state index in [0.29, 0.717) is 24.3 Å². The molecule has 1 aliphatic carbocycles. The summed E-state index contributed by atoms with van der Waals surface area (Å²) in [5.74, 6) is 4.71. The zero-order chi connectivity index (χ0) is 37.3. The fourth-order valence-corrected chi connectivity index (χ4v) is 6.85. The van der Waals surface area contributed by atoms with Gasteiger partial charge >= 0.3 is 5.97 Å². The summed E-state index contributed by atoms with van der Waals surface area (Å²) in [7, 11) is 5.02. The molecule has 1 unspecified atom stereocenters. The predicted octanol–water partition coefficient (Wildman–Crippen LogP) is 10.3. The van der Waals surface area contributed by atoms with Gasteiger partial charge in [0.2, 0.25) is 11.8 Å². The van der Waals surface area contributed by atoms with Crippen LogP contribution in [-0.2, 0) is 18.7 Å². The molecular formula is C40H53IN2O8. The molecule has 5 rings (SSSR count). The standard InChI is InChI=1S/C26H37NO6.C14H16INO2/c1-16(2)22-21(27-24(33-22)19-11-8-12-20(14-19)30-5)23(31-6)18-10-7-9-17(13-18)15-32-26(3,4)25(28)29;1-9(2)13-12(8-15)16-14(18-13)10-5-4-6-11(7-10)17-3/h8,11-12,14,16-18,23H,7,9-10,13,15H2,1-6H3,(H,28,29);4-7,9H,8H2,1-3H3/t17-,18+,23?;/m0./s1. The van der Waals surface area contributed by atoms with Crippen molar-refractivity contribution in [1.82, 2.24) is 9.97 Å². The summed E-state index contributed by atoms with van der Waals surface area (Å²) in [6, 6.07) is 15.5. The third kappa shape index (κ3) is 10.3. The second-order valence-corrected chi connectivity index (χ2v) is 14.8. The molecule has 1 N–H and O–H groups in total. The molecule has 1 fully saturated rings. The highest BCUT2D eigenvalue weighted by atomic mass is 127. The zero-order valence-corrected chi connectivity index (χ0v) is 33.5. The van der Waals surface area contributed by atoms with Gasteiger partial charge in [0.05, 0.1) is 26.5 Å². The fraction of sp³-hybridized carbons (Fsp3) is 0.525. The topological polar surface area (TPSA) is 126 Å². The van der Waals surface area contributed by atoms with Crippen LogP contribution in [0.5, 0.6) is 11.5 Å². The number of methoxy groups -OCH3 is 3. The van der Waals surface area contributed by atoms with Crippen LogP contribution in [0.1, 0.15) is 108 Å². The summed E-state index contributed by atoms with van der Waals surface area (Å²) in [5.41, 5.74) is 2.51. The first-order valence-corrected chi connectivity index (χ1v) is 19.1. The Balaban J connectivity index is 0.000000272. The first kappa shape index (κ1) is 40.4. The molecule has 10 nitrogen and oxygen atoms in total. The summed E-state index contributed by atoms with van der Waals surface area (Å²) in [6.45, 7) is 12.0. The van der Waals surface area contributed by atoms with Crippen molar-refractivity contribution in [2.45, 2.75) is 95.2 Å². The average molecular weight is 817 g/mol. The van der Waals surface area contributed by atoms with Crippen molar-refractivity contribution < 1.29 is 37.7 Å². The number of halogens is 1. The van der Waals surface area contributed by atoms with Gasteiger partial charge in [-0.05, 0) is 81.3 Å². The molecule has 2 heterocycles. The number of carboxylic acid groups (broad SMARTS) is 1. The highest BCUT2D eigenvalue weighted by Crippen LogP contribution is 2.42. The van der Waals surface area contributed by atoms with Gasteiger partial charge in [-0.25, -0.2) is 14.8 Å². The quantitative estimate of drug-likeness (QED) is 0.0971. The van der Waals surface area contributed by atoms with Crippen molar-refractivity contribution in [3.63, 3.8) is 0 Å². The molecule has 2 aromatic carbocycles. The van der Waals surface area contributed by atoms with Gasteiger partial charge in [-0.2, -0.15) is 0 Å². The molecule has 0 radical (unpaired) electrons. The van der Waals surface area contributed by atoms with Crippen molar-refractivity contribution in [2.24, 2.45) is 11.8 Å². The SMILES string of the molecule is COc1cccc(-c2nc(C(OC)[C@@H]3CCC[C@H](COC(C)(C)C(=O)O)C3)c(C(C)C)o2)c1.COc1cccc(-c2nc(CI)c(C(C)C)o2)c1. The molecule has 51 heavy (non-hydrogen) atoms. The van der Waals surface area contributed by atoms with E-state index in [1.165, 1.54) is 0 Å². The maximum Gasteiger partial charge on any atom is 0.335 e. The van der Waals surface area contributed by atoms with Crippen LogP contribution in [0.3, 0.4) is 0 Å². The lowest BCUT2D eigenvalue weighted by molar-refractivity contribution is -0.163. The van der Waals surface area contributed by atoms with Crippen LogP contribution in [0, 0.1) is 11.8 Å². The predicted molar refractivity (Wildman–Crippen MR) is 206 cm³/mol. The molecular weight excluding hydrogens is 763 g/mol. The van der Waals surface area contributed by atoms with E-state index in [-0.39, 0.29) is 23.9 Å². The Kier molecular flexibility index (Phi) is 14.5. The van der Waals surface area contributed by atoms with Gasteiger partial charge in [-0.3, -0.25) is 0 Å². The summed E-state index contributed by atoms with van der Waals surface area (Å²) >= 11 is 2.31. The average Bonchev–Trinajstić information content (AvgIpc) is 3.78. The molecule has 0 bridgehead atoms. The number of alkyl halides is 1. The first-order chi connectivity index (χ1) is 24.3.